The van der Waals surface area contributed by atoms with Gasteiger partial charge in [-0.1, -0.05) is 43.2 Å². The van der Waals surface area contributed by atoms with Crippen LogP contribution < -0.4 is 5.32 Å². The molecule has 2 atom stereocenters. The Labute approximate surface area is 109 Å². The first kappa shape index (κ1) is 13.0. The first-order chi connectivity index (χ1) is 8.31. The normalized spacial score (nSPS) is 22.4. The second-order valence-corrected chi connectivity index (χ2v) is 6.20. The third-order valence-corrected chi connectivity index (χ3v) is 4.91. The van der Waals surface area contributed by atoms with E-state index >= 15 is 0 Å². The van der Waals surface area contributed by atoms with Crippen LogP contribution in [-0.4, -0.2) is 17.5 Å². The van der Waals surface area contributed by atoms with Crippen molar-refractivity contribution in [1.82, 2.24) is 5.32 Å². The lowest BCUT2D eigenvalue weighted by Gasteiger charge is -2.30. The molecule has 0 bridgehead atoms. The molecule has 0 amide bonds. The molecule has 2 rings (SSSR count). The maximum atomic E-state index is 3.67. The van der Waals surface area contributed by atoms with E-state index in [9.17, 15) is 0 Å². The molecule has 0 aromatic heterocycles. The number of hydrogen-bond acceptors (Lipinski definition) is 2. The topological polar surface area (TPSA) is 12.0 Å². The van der Waals surface area contributed by atoms with Gasteiger partial charge in [0.2, 0.25) is 0 Å². The lowest BCUT2D eigenvalue weighted by Crippen LogP contribution is -2.31. The fourth-order valence-corrected chi connectivity index (χ4v) is 3.94. The molecule has 1 nitrogen and oxygen atoms in total. The highest BCUT2D eigenvalue weighted by Crippen LogP contribution is 2.34. The average Bonchev–Trinajstić information content (AvgIpc) is 2.38. The van der Waals surface area contributed by atoms with E-state index in [0.717, 1.165) is 11.8 Å². The van der Waals surface area contributed by atoms with Gasteiger partial charge in [0.25, 0.3) is 0 Å². The van der Waals surface area contributed by atoms with Gasteiger partial charge in [-0.2, -0.15) is 11.8 Å². The second kappa shape index (κ2) is 6.46. The molecule has 0 radical (unpaired) electrons. The lowest BCUT2D eigenvalue weighted by molar-refractivity contribution is 0.491. The van der Waals surface area contributed by atoms with Crippen molar-refractivity contribution in [2.45, 2.75) is 44.4 Å². The van der Waals surface area contributed by atoms with Crippen molar-refractivity contribution < 1.29 is 0 Å². The predicted octanol–water partition coefficient (Wildman–Crippen LogP) is 3.93. The predicted molar refractivity (Wildman–Crippen MR) is 77.7 cm³/mol. The lowest BCUT2D eigenvalue weighted by atomic mass is 9.98. The van der Waals surface area contributed by atoms with Crippen LogP contribution in [0.3, 0.4) is 0 Å². The first-order valence-corrected chi connectivity index (χ1v) is 7.77. The SMILES string of the molecule is CCNC(c1ccc(C)cc1)C1CCCCS1. The summed E-state index contributed by atoms with van der Waals surface area (Å²) in [5.74, 6) is 1.33. The summed E-state index contributed by atoms with van der Waals surface area (Å²) < 4.78 is 0. The van der Waals surface area contributed by atoms with Crippen molar-refractivity contribution in [2.75, 3.05) is 12.3 Å². The number of nitrogens with one attached hydrogen (secondary N) is 1. The molecule has 0 spiro atoms. The molecule has 1 aromatic rings. The number of thioether (sulfide) groups is 1. The molecule has 17 heavy (non-hydrogen) atoms. The number of hydrogen-bond donors (Lipinski definition) is 1. The van der Waals surface area contributed by atoms with Crippen molar-refractivity contribution in [3.8, 4) is 0 Å². The summed E-state index contributed by atoms with van der Waals surface area (Å²) >= 11 is 2.15. The van der Waals surface area contributed by atoms with Gasteiger partial charge in [-0.3, -0.25) is 0 Å². The Hall–Kier alpha value is -0.470. The largest absolute Gasteiger partial charge is 0.309 e. The highest BCUT2D eigenvalue weighted by atomic mass is 32.2. The highest BCUT2D eigenvalue weighted by Gasteiger charge is 2.24. The summed E-state index contributed by atoms with van der Waals surface area (Å²) in [6.07, 6.45) is 4.15. The van der Waals surface area contributed by atoms with Crippen molar-refractivity contribution in [2.24, 2.45) is 0 Å². The van der Waals surface area contributed by atoms with Crippen LogP contribution in [0.5, 0.6) is 0 Å². The van der Waals surface area contributed by atoms with E-state index in [1.54, 1.807) is 0 Å². The maximum absolute atomic E-state index is 3.67. The fourth-order valence-electron chi connectivity index (χ4n) is 2.49. The Balaban J connectivity index is 2.12. The summed E-state index contributed by atoms with van der Waals surface area (Å²) in [5.41, 5.74) is 2.80. The van der Waals surface area contributed by atoms with Gasteiger partial charge in [0.15, 0.2) is 0 Å². The van der Waals surface area contributed by atoms with E-state index in [1.165, 1.54) is 36.1 Å². The molecule has 1 aromatic carbocycles. The molecule has 1 aliphatic heterocycles. The van der Waals surface area contributed by atoms with Crippen LogP contribution in [0.2, 0.25) is 0 Å². The summed E-state index contributed by atoms with van der Waals surface area (Å²) in [6.45, 7) is 5.41. The van der Waals surface area contributed by atoms with Crippen LogP contribution in [0.4, 0.5) is 0 Å². The van der Waals surface area contributed by atoms with Gasteiger partial charge in [0.1, 0.15) is 0 Å². The minimum atomic E-state index is 0.533. The highest BCUT2D eigenvalue weighted by molar-refractivity contribution is 8.00. The van der Waals surface area contributed by atoms with Gasteiger partial charge in [0.05, 0.1) is 0 Å². The molecule has 1 saturated heterocycles. The van der Waals surface area contributed by atoms with Gasteiger partial charge < -0.3 is 5.32 Å². The average molecular weight is 249 g/mol. The van der Waals surface area contributed by atoms with Crippen molar-refractivity contribution in [1.29, 1.82) is 0 Å². The molecule has 1 aliphatic rings. The van der Waals surface area contributed by atoms with Crippen LogP contribution in [-0.2, 0) is 0 Å². The van der Waals surface area contributed by atoms with Gasteiger partial charge in [-0.25, -0.2) is 0 Å². The Morgan fingerprint density at radius 3 is 2.65 bits per heavy atom. The van der Waals surface area contributed by atoms with E-state index in [-0.39, 0.29) is 0 Å². The summed E-state index contributed by atoms with van der Waals surface area (Å²) in [6, 6.07) is 9.57. The number of benzene rings is 1. The van der Waals surface area contributed by atoms with E-state index in [0.29, 0.717) is 6.04 Å². The van der Waals surface area contributed by atoms with Crippen LogP contribution >= 0.6 is 11.8 Å². The first-order valence-electron chi connectivity index (χ1n) is 6.73. The summed E-state index contributed by atoms with van der Waals surface area (Å²) in [4.78, 5) is 0. The standard InChI is InChI=1S/C15H23NS/c1-3-16-15(14-6-4-5-11-17-14)13-9-7-12(2)8-10-13/h7-10,14-16H,3-6,11H2,1-2H3. The van der Waals surface area contributed by atoms with Crippen LogP contribution in [0.25, 0.3) is 0 Å². The van der Waals surface area contributed by atoms with E-state index in [1.807, 2.05) is 0 Å². The Morgan fingerprint density at radius 1 is 1.29 bits per heavy atom. The van der Waals surface area contributed by atoms with Gasteiger partial charge >= 0.3 is 0 Å². The molecule has 1 heterocycles. The molecular formula is C15H23NS. The summed E-state index contributed by atoms with van der Waals surface area (Å²) in [5, 5.41) is 4.42. The zero-order chi connectivity index (χ0) is 12.1. The van der Waals surface area contributed by atoms with Crippen LogP contribution in [0.1, 0.15) is 43.4 Å². The minimum absolute atomic E-state index is 0.533. The van der Waals surface area contributed by atoms with Crippen LogP contribution in [0, 0.1) is 6.92 Å². The molecule has 1 fully saturated rings. The number of aryl methyl sites for hydroxylation is 1. The summed E-state index contributed by atoms with van der Waals surface area (Å²) in [7, 11) is 0. The fraction of sp³-hybridized carbons (Fsp3) is 0.600. The molecule has 0 saturated carbocycles. The molecule has 2 heteroatoms. The van der Waals surface area contributed by atoms with Gasteiger partial charge in [-0.05, 0) is 37.6 Å². The Bertz CT molecular complexity index is 327. The zero-order valence-electron chi connectivity index (χ0n) is 10.9. The van der Waals surface area contributed by atoms with E-state index in [4.69, 9.17) is 0 Å². The van der Waals surface area contributed by atoms with E-state index < -0.39 is 0 Å². The van der Waals surface area contributed by atoms with Gasteiger partial charge in [-0.15, -0.1) is 0 Å². The van der Waals surface area contributed by atoms with Gasteiger partial charge in [0, 0.05) is 11.3 Å². The molecule has 1 N–H and O–H groups in total. The minimum Gasteiger partial charge on any atom is -0.309 e. The third-order valence-electron chi connectivity index (χ3n) is 3.45. The number of rotatable bonds is 4. The van der Waals surface area contributed by atoms with Crippen LogP contribution in [0.15, 0.2) is 24.3 Å². The van der Waals surface area contributed by atoms with E-state index in [2.05, 4.69) is 55.2 Å². The zero-order valence-corrected chi connectivity index (χ0v) is 11.7. The molecular weight excluding hydrogens is 226 g/mol. The molecule has 2 unspecified atom stereocenters. The second-order valence-electron chi connectivity index (χ2n) is 4.85. The Kier molecular flexibility index (Phi) is 4.93. The van der Waals surface area contributed by atoms with Crippen molar-refractivity contribution >= 4 is 11.8 Å². The monoisotopic (exact) mass is 249 g/mol. The molecule has 0 aliphatic carbocycles. The smallest absolute Gasteiger partial charge is 0.0440 e. The third kappa shape index (κ3) is 3.49. The Morgan fingerprint density at radius 2 is 2.06 bits per heavy atom. The molecule has 94 valence electrons. The van der Waals surface area contributed by atoms with Crippen molar-refractivity contribution in [3.63, 3.8) is 0 Å². The van der Waals surface area contributed by atoms with Crippen molar-refractivity contribution in [3.05, 3.63) is 35.4 Å². The quantitative estimate of drug-likeness (QED) is 0.867. The maximum Gasteiger partial charge on any atom is 0.0440 e.